The van der Waals surface area contributed by atoms with Gasteiger partial charge in [0, 0.05) is 12.1 Å². The standard InChI is InChI=1S/C28H35F2N3O4/c1-16(2)11-19(14-25(34)37-28(5,6)7)31-27(35)26-18(4)32-33-23(26)12-17(3)13-24(33)36-15-20-21(29)9-8-10-22(20)30/h8-10,12-13,16,19H,11,14-15H2,1-7H3,(H,31,35). The maximum Gasteiger partial charge on any atom is 0.308 e. The minimum absolute atomic E-state index is 0.0427. The summed E-state index contributed by atoms with van der Waals surface area (Å²) >= 11 is 0. The number of fused-ring (bicyclic) bond motifs is 1. The Morgan fingerprint density at radius 1 is 1.11 bits per heavy atom. The zero-order chi connectivity index (χ0) is 27.5. The van der Waals surface area contributed by atoms with Crippen LogP contribution in [0.15, 0.2) is 30.3 Å². The lowest BCUT2D eigenvalue weighted by molar-refractivity contribution is -0.155. The number of halogens is 2. The Balaban J connectivity index is 1.88. The van der Waals surface area contributed by atoms with Crippen molar-refractivity contribution in [2.24, 2.45) is 5.92 Å². The summed E-state index contributed by atoms with van der Waals surface area (Å²) in [5, 5.41) is 7.44. The van der Waals surface area contributed by atoms with Gasteiger partial charge in [-0.25, -0.2) is 8.78 Å². The van der Waals surface area contributed by atoms with Gasteiger partial charge in [-0.1, -0.05) is 19.9 Å². The molecule has 0 aliphatic rings. The molecular formula is C28H35F2N3O4. The number of aromatic nitrogens is 2. The fourth-order valence-electron chi connectivity index (χ4n) is 4.16. The molecule has 9 heteroatoms. The molecule has 1 N–H and O–H groups in total. The Bertz CT molecular complexity index is 1270. The molecule has 1 unspecified atom stereocenters. The molecule has 0 spiro atoms. The zero-order valence-electron chi connectivity index (χ0n) is 22.4. The fourth-order valence-corrected chi connectivity index (χ4v) is 4.16. The number of pyridine rings is 1. The Hall–Kier alpha value is -3.49. The molecule has 2 heterocycles. The molecule has 0 saturated heterocycles. The summed E-state index contributed by atoms with van der Waals surface area (Å²) in [6.45, 7) is 12.6. The molecule has 1 amide bonds. The van der Waals surface area contributed by atoms with E-state index in [0.29, 0.717) is 23.2 Å². The van der Waals surface area contributed by atoms with Crippen LogP contribution in [0.25, 0.3) is 5.52 Å². The van der Waals surface area contributed by atoms with Crippen molar-refractivity contribution < 1.29 is 27.8 Å². The number of ether oxygens (including phenoxy) is 2. The van der Waals surface area contributed by atoms with Crippen LogP contribution in [-0.2, 0) is 16.1 Å². The number of esters is 1. The first-order valence-electron chi connectivity index (χ1n) is 12.3. The van der Waals surface area contributed by atoms with E-state index in [1.54, 1.807) is 39.8 Å². The molecule has 7 nitrogen and oxygen atoms in total. The highest BCUT2D eigenvalue weighted by molar-refractivity contribution is 6.02. The normalized spacial score (nSPS) is 12.6. The maximum atomic E-state index is 14.1. The van der Waals surface area contributed by atoms with E-state index >= 15 is 0 Å². The molecule has 1 aromatic carbocycles. The van der Waals surface area contributed by atoms with Gasteiger partial charge in [-0.05, 0) is 70.7 Å². The van der Waals surface area contributed by atoms with Gasteiger partial charge >= 0.3 is 5.97 Å². The third kappa shape index (κ3) is 7.27. The van der Waals surface area contributed by atoms with E-state index in [1.807, 2.05) is 20.8 Å². The SMILES string of the molecule is Cc1cc(OCc2c(F)cccc2F)n2nc(C)c(C(=O)NC(CC(=O)OC(C)(C)C)CC(C)C)c2c1. The van der Waals surface area contributed by atoms with Gasteiger partial charge in [0.2, 0.25) is 5.88 Å². The molecule has 3 aromatic rings. The van der Waals surface area contributed by atoms with E-state index in [9.17, 15) is 18.4 Å². The summed E-state index contributed by atoms with van der Waals surface area (Å²) < 4.78 is 40.8. The van der Waals surface area contributed by atoms with Crippen LogP contribution < -0.4 is 10.1 Å². The summed E-state index contributed by atoms with van der Waals surface area (Å²) in [5.74, 6) is -1.70. The van der Waals surface area contributed by atoms with Crippen LogP contribution >= 0.6 is 0 Å². The van der Waals surface area contributed by atoms with Crippen LogP contribution in [0.2, 0.25) is 0 Å². The van der Waals surface area contributed by atoms with E-state index < -0.39 is 23.3 Å². The number of amides is 1. The smallest absolute Gasteiger partial charge is 0.308 e. The first-order chi connectivity index (χ1) is 17.2. The van der Waals surface area contributed by atoms with Crippen molar-refractivity contribution >= 4 is 17.4 Å². The highest BCUT2D eigenvalue weighted by atomic mass is 19.1. The lowest BCUT2D eigenvalue weighted by Gasteiger charge is -2.24. The quantitative estimate of drug-likeness (QED) is 0.371. The van der Waals surface area contributed by atoms with Crippen molar-refractivity contribution in [2.75, 3.05) is 0 Å². The highest BCUT2D eigenvalue weighted by Gasteiger charge is 2.26. The Labute approximate surface area is 216 Å². The molecule has 0 aliphatic heterocycles. The van der Waals surface area contributed by atoms with Gasteiger partial charge < -0.3 is 14.8 Å². The molecule has 0 fully saturated rings. The molecular weight excluding hydrogens is 480 g/mol. The first-order valence-corrected chi connectivity index (χ1v) is 12.3. The van der Waals surface area contributed by atoms with Crippen molar-refractivity contribution in [3.63, 3.8) is 0 Å². The molecule has 0 radical (unpaired) electrons. The van der Waals surface area contributed by atoms with E-state index in [0.717, 1.165) is 5.56 Å². The molecule has 200 valence electrons. The molecule has 0 saturated carbocycles. The summed E-state index contributed by atoms with van der Waals surface area (Å²) in [6, 6.07) is 6.66. The van der Waals surface area contributed by atoms with Crippen LogP contribution in [0.3, 0.4) is 0 Å². The second-order valence-corrected chi connectivity index (χ2v) is 10.7. The van der Waals surface area contributed by atoms with Gasteiger partial charge in [0.15, 0.2) is 0 Å². The average molecular weight is 516 g/mol. The van der Waals surface area contributed by atoms with Crippen molar-refractivity contribution in [3.05, 3.63) is 64.4 Å². The Morgan fingerprint density at radius 2 is 1.76 bits per heavy atom. The molecule has 0 aliphatic carbocycles. The monoisotopic (exact) mass is 515 g/mol. The van der Waals surface area contributed by atoms with Crippen LogP contribution in [0.5, 0.6) is 5.88 Å². The average Bonchev–Trinajstić information content (AvgIpc) is 3.07. The minimum Gasteiger partial charge on any atom is -0.473 e. The first kappa shape index (κ1) is 28.1. The Morgan fingerprint density at radius 3 is 2.35 bits per heavy atom. The van der Waals surface area contributed by atoms with Gasteiger partial charge in [0.25, 0.3) is 5.91 Å². The summed E-state index contributed by atoms with van der Waals surface area (Å²) in [7, 11) is 0. The summed E-state index contributed by atoms with van der Waals surface area (Å²) in [6.07, 6.45) is 0.631. The topological polar surface area (TPSA) is 81.9 Å². The molecule has 1 atom stereocenters. The van der Waals surface area contributed by atoms with Crippen molar-refractivity contribution in [2.45, 2.75) is 79.6 Å². The van der Waals surface area contributed by atoms with Crippen LogP contribution in [-0.4, -0.2) is 33.1 Å². The van der Waals surface area contributed by atoms with Gasteiger partial charge in [-0.2, -0.15) is 9.61 Å². The predicted molar refractivity (Wildman–Crippen MR) is 137 cm³/mol. The highest BCUT2D eigenvalue weighted by Crippen LogP contribution is 2.25. The van der Waals surface area contributed by atoms with Gasteiger partial charge in [-0.3, -0.25) is 9.59 Å². The van der Waals surface area contributed by atoms with E-state index in [1.165, 1.54) is 22.7 Å². The van der Waals surface area contributed by atoms with E-state index in [-0.39, 0.29) is 42.3 Å². The summed E-state index contributed by atoms with van der Waals surface area (Å²) in [5.41, 5.74) is 1.23. The fraction of sp³-hybridized carbons (Fsp3) is 0.464. The number of carbonyl (C=O) groups excluding carboxylic acids is 2. The van der Waals surface area contributed by atoms with Crippen molar-refractivity contribution in [3.8, 4) is 5.88 Å². The number of hydrogen-bond donors (Lipinski definition) is 1. The predicted octanol–water partition coefficient (Wildman–Crippen LogP) is 5.68. The van der Waals surface area contributed by atoms with Gasteiger partial charge in [-0.15, -0.1) is 0 Å². The second kappa shape index (κ2) is 11.3. The largest absolute Gasteiger partial charge is 0.473 e. The minimum atomic E-state index is -0.707. The van der Waals surface area contributed by atoms with Gasteiger partial charge in [0.05, 0.1) is 28.8 Å². The summed E-state index contributed by atoms with van der Waals surface area (Å²) in [4.78, 5) is 25.9. The Kier molecular flexibility index (Phi) is 8.56. The molecule has 37 heavy (non-hydrogen) atoms. The molecule has 0 bridgehead atoms. The van der Waals surface area contributed by atoms with E-state index in [2.05, 4.69) is 10.4 Å². The number of nitrogens with zero attached hydrogens (tertiary/aromatic N) is 2. The zero-order valence-corrected chi connectivity index (χ0v) is 22.4. The number of aryl methyl sites for hydroxylation is 2. The third-order valence-corrected chi connectivity index (χ3v) is 5.60. The number of nitrogens with one attached hydrogen (secondary N) is 1. The van der Waals surface area contributed by atoms with Gasteiger partial charge in [0.1, 0.15) is 23.8 Å². The second-order valence-electron chi connectivity index (χ2n) is 10.7. The number of rotatable bonds is 9. The maximum absolute atomic E-state index is 14.1. The van der Waals surface area contributed by atoms with Crippen LogP contribution in [0.4, 0.5) is 8.78 Å². The number of benzene rings is 1. The third-order valence-electron chi connectivity index (χ3n) is 5.60. The molecule has 2 aromatic heterocycles. The van der Waals surface area contributed by atoms with Crippen molar-refractivity contribution in [1.82, 2.24) is 14.9 Å². The lowest BCUT2D eigenvalue weighted by atomic mass is 10.00. The number of hydrogen-bond acceptors (Lipinski definition) is 5. The lowest BCUT2D eigenvalue weighted by Crippen LogP contribution is -2.39. The van der Waals surface area contributed by atoms with Crippen LogP contribution in [0, 0.1) is 31.4 Å². The molecule has 3 rings (SSSR count). The van der Waals surface area contributed by atoms with Crippen molar-refractivity contribution in [1.29, 1.82) is 0 Å². The number of carbonyl (C=O) groups is 2. The van der Waals surface area contributed by atoms with E-state index in [4.69, 9.17) is 9.47 Å². The van der Waals surface area contributed by atoms with Crippen LogP contribution in [0.1, 0.15) is 74.6 Å².